The van der Waals surface area contributed by atoms with Crippen LogP contribution in [0.5, 0.6) is 11.5 Å². The SMILES string of the molecule is O=C(O)CNC(=O)[C@@H](C[C@H](COc1ccccc1)C(=O)O)Oc1ccc(-c2ccccc2)cc1. The van der Waals surface area contributed by atoms with Crippen LogP contribution < -0.4 is 14.8 Å². The van der Waals surface area contributed by atoms with Gasteiger partial charge in [0.15, 0.2) is 6.10 Å². The maximum atomic E-state index is 12.6. The van der Waals surface area contributed by atoms with Gasteiger partial charge in [0.1, 0.15) is 24.7 Å². The first-order chi connectivity index (χ1) is 16.4. The first-order valence-corrected chi connectivity index (χ1v) is 10.6. The van der Waals surface area contributed by atoms with Crippen LogP contribution >= 0.6 is 0 Å². The molecule has 8 nitrogen and oxygen atoms in total. The van der Waals surface area contributed by atoms with Gasteiger partial charge in [-0.3, -0.25) is 14.4 Å². The van der Waals surface area contributed by atoms with E-state index in [1.807, 2.05) is 42.5 Å². The Morgan fingerprint density at radius 3 is 1.94 bits per heavy atom. The number of hydrogen-bond acceptors (Lipinski definition) is 5. The highest BCUT2D eigenvalue weighted by atomic mass is 16.5. The molecule has 176 valence electrons. The molecule has 0 fully saturated rings. The molecule has 0 aliphatic carbocycles. The van der Waals surface area contributed by atoms with Crippen molar-refractivity contribution in [1.29, 1.82) is 0 Å². The van der Waals surface area contributed by atoms with Crippen LogP contribution in [0.15, 0.2) is 84.9 Å². The van der Waals surface area contributed by atoms with Crippen LogP contribution in [0.3, 0.4) is 0 Å². The highest BCUT2D eigenvalue weighted by molar-refractivity contribution is 5.85. The summed E-state index contributed by atoms with van der Waals surface area (Å²) in [5, 5.41) is 20.8. The quantitative estimate of drug-likeness (QED) is 0.376. The fraction of sp³-hybridized carbons (Fsp3) is 0.192. The molecule has 0 saturated carbocycles. The van der Waals surface area contributed by atoms with Gasteiger partial charge >= 0.3 is 11.9 Å². The third-order valence-electron chi connectivity index (χ3n) is 4.99. The van der Waals surface area contributed by atoms with E-state index in [1.165, 1.54) is 0 Å². The molecule has 2 atom stereocenters. The Morgan fingerprint density at radius 2 is 1.35 bits per heavy atom. The second kappa shape index (κ2) is 12.1. The molecule has 0 saturated heterocycles. The average molecular weight is 463 g/mol. The summed E-state index contributed by atoms with van der Waals surface area (Å²) >= 11 is 0. The van der Waals surface area contributed by atoms with Gasteiger partial charge in [0.05, 0.1) is 5.92 Å². The Balaban J connectivity index is 1.73. The van der Waals surface area contributed by atoms with Crippen LogP contribution in [-0.2, 0) is 14.4 Å². The third kappa shape index (κ3) is 7.37. The van der Waals surface area contributed by atoms with Crippen molar-refractivity contribution in [3.63, 3.8) is 0 Å². The van der Waals surface area contributed by atoms with E-state index < -0.39 is 36.4 Å². The summed E-state index contributed by atoms with van der Waals surface area (Å²) in [7, 11) is 0. The lowest BCUT2D eigenvalue weighted by atomic mass is 10.0. The summed E-state index contributed by atoms with van der Waals surface area (Å²) in [6.45, 7) is -0.789. The first-order valence-electron chi connectivity index (χ1n) is 10.6. The van der Waals surface area contributed by atoms with E-state index in [9.17, 15) is 19.5 Å². The van der Waals surface area contributed by atoms with E-state index in [4.69, 9.17) is 14.6 Å². The van der Waals surface area contributed by atoms with E-state index in [0.29, 0.717) is 11.5 Å². The summed E-state index contributed by atoms with van der Waals surface area (Å²) in [6.07, 6.45) is -1.45. The van der Waals surface area contributed by atoms with Crippen molar-refractivity contribution in [3.05, 3.63) is 84.9 Å². The lowest BCUT2D eigenvalue weighted by Crippen LogP contribution is -2.43. The molecule has 0 heterocycles. The topological polar surface area (TPSA) is 122 Å². The Hall–Kier alpha value is -4.33. The van der Waals surface area contributed by atoms with Crippen molar-refractivity contribution >= 4 is 17.8 Å². The number of carbonyl (C=O) groups excluding carboxylic acids is 1. The van der Waals surface area contributed by atoms with Gasteiger partial charge in [0.2, 0.25) is 0 Å². The van der Waals surface area contributed by atoms with Gasteiger partial charge in [0, 0.05) is 6.42 Å². The smallest absolute Gasteiger partial charge is 0.322 e. The van der Waals surface area contributed by atoms with Crippen LogP contribution in [0.4, 0.5) is 0 Å². The predicted octanol–water partition coefficient (Wildman–Crippen LogP) is 3.47. The minimum absolute atomic E-state index is 0.182. The third-order valence-corrected chi connectivity index (χ3v) is 4.99. The molecule has 0 aliphatic rings. The maximum Gasteiger partial charge on any atom is 0.322 e. The zero-order valence-corrected chi connectivity index (χ0v) is 18.3. The van der Waals surface area contributed by atoms with E-state index in [2.05, 4.69) is 5.32 Å². The Kier molecular flexibility index (Phi) is 8.62. The molecule has 0 radical (unpaired) electrons. The van der Waals surface area contributed by atoms with Gasteiger partial charge in [-0.2, -0.15) is 0 Å². The number of carboxylic acids is 2. The number of carbonyl (C=O) groups is 3. The number of nitrogens with one attached hydrogen (secondary N) is 1. The summed E-state index contributed by atoms with van der Waals surface area (Å²) in [4.78, 5) is 35.4. The van der Waals surface area contributed by atoms with E-state index in [0.717, 1.165) is 11.1 Å². The maximum absolute atomic E-state index is 12.6. The van der Waals surface area contributed by atoms with Crippen molar-refractivity contribution < 1.29 is 34.1 Å². The lowest BCUT2D eigenvalue weighted by Gasteiger charge is -2.22. The van der Waals surface area contributed by atoms with Gasteiger partial charge in [-0.15, -0.1) is 0 Å². The Labute approximate surface area is 196 Å². The van der Waals surface area contributed by atoms with Gasteiger partial charge in [-0.05, 0) is 35.4 Å². The second-order valence-corrected chi connectivity index (χ2v) is 7.50. The predicted molar refractivity (Wildman–Crippen MR) is 125 cm³/mol. The summed E-state index contributed by atoms with van der Waals surface area (Å²) in [5.74, 6) is -3.32. The molecule has 0 spiro atoms. The van der Waals surface area contributed by atoms with Crippen molar-refractivity contribution in [1.82, 2.24) is 5.32 Å². The van der Waals surface area contributed by atoms with Crippen molar-refractivity contribution in [2.75, 3.05) is 13.2 Å². The van der Waals surface area contributed by atoms with E-state index in [1.54, 1.807) is 42.5 Å². The largest absolute Gasteiger partial charge is 0.493 e. The molecule has 0 bridgehead atoms. The fourth-order valence-corrected chi connectivity index (χ4v) is 3.22. The Morgan fingerprint density at radius 1 is 0.765 bits per heavy atom. The van der Waals surface area contributed by atoms with Gasteiger partial charge in [0.25, 0.3) is 5.91 Å². The molecule has 1 amide bonds. The minimum atomic E-state index is -1.23. The van der Waals surface area contributed by atoms with Crippen LogP contribution in [0, 0.1) is 5.92 Å². The van der Waals surface area contributed by atoms with Crippen LogP contribution in [0.2, 0.25) is 0 Å². The number of ether oxygens (including phenoxy) is 2. The number of carboxylic acid groups (broad SMARTS) is 2. The monoisotopic (exact) mass is 463 g/mol. The minimum Gasteiger partial charge on any atom is -0.493 e. The van der Waals surface area contributed by atoms with E-state index in [-0.39, 0.29) is 13.0 Å². The van der Waals surface area contributed by atoms with Crippen molar-refractivity contribution in [3.8, 4) is 22.6 Å². The molecule has 3 N–H and O–H groups in total. The second-order valence-electron chi connectivity index (χ2n) is 7.50. The normalized spacial score (nSPS) is 12.2. The zero-order valence-electron chi connectivity index (χ0n) is 18.3. The average Bonchev–Trinajstić information content (AvgIpc) is 2.85. The highest BCUT2D eigenvalue weighted by Crippen LogP contribution is 2.24. The molecule has 3 rings (SSSR count). The van der Waals surface area contributed by atoms with Crippen molar-refractivity contribution in [2.24, 2.45) is 5.92 Å². The van der Waals surface area contributed by atoms with Crippen LogP contribution in [-0.4, -0.2) is 47.3 Å². The fourth-order valence-electron chi connectivity index (χ4n) is 3.22. The van der Waals surface area contributed by atoms with Crippen molar-refractivity contribution in [2.45, 2.75) is 12.5 Å². The molecule has 3 aromatic carbocycles. The molecule has 0 unspecified atom stereocenters. The number of benzene rings is 3. The summed E-state index contributed by atoms with van der Waals surface area (Å²) in [5.41, 5.74) is 1.95. The molecule has 34 heavy (non-hydrogen) atoms. The zero-order chi connectivity index (χ0) is 24.3. The van der Waals surface area contributed by atoms with Crippen LogP contribution in [0.1, 0.15) is 6.42 Å². The first kappa shape index (κ1) is 24.3. The molecular weight excluding hydrogens is 438 g/mol. The van der Waals surface area contributed by atoms with Gasteiger partial charge in [-0.25, -0.2) is 0 Å². The highest BCUT2D eigenvalue weighted by Gasteiger charge is 2.30. The van der Waals surface area contributed by atoms with Gasteiger partial charge in [-0.1, -0.05) is 60.7 Å². The molecule has 3 aromatic rings. The standard InChI is InChI=1S/C26H25NO7/c28-24(29)16-27-25(30)23(15-20(26(31)32)17-33-21-9-5-2-6-10-21)34-22-13-11-19(12-14-22)18-7-3-1-4-8-18/h1-14,20,23H,15-17H2,(H,27,30)(H,28,29)(H,31,32)/t20-,23-/m1/s1. The molecule has 0 aliphatic heterocycles. The number of aliphatic carboxylic acids is 2. The summed E-state index contributed by atoms with van der Waals surface area (Å²) in [6, 6.07) is 25.4. The molecular formula is C26H25NO7. The Bertz CT molecular complexity index is 1090. The molecule has 8 heteroatoms. The number of hydrogen-bond donors (Lipinski definition) is 3. The lowest BCUT2D eigenvalue weighted by molar-refractivity contribution is -0.145. The number of rotatable bonds is 12. The van der Waals surface area contributed by atoms with Gasteiger partial charge < -0.3 is 25.0 Å². The molecule has 0 aromatic heterocycles. The number of amides is 1. The van der Waals surface area contributed by atoms with Crippen LogP contribution in [0.25, 0.3) is 11.1 Å². The van der Waals surface area contributed by atoms with E-state index >= 15 is 0 Å². The summed E-state index contributed by atoms with van der Waals surface area (Å²) < 4.78 is 11.4. The number of para-hydroxylation sites is 1.